The first-order chi connectivity index (χ1) is 16.3. The summed E-state index contributed by atoms with van der Waals surface area (Å²) in [5.41, 5.74) is 9.41. The molecule has 0 saturated carbocycles. The molecule has 0 radical (unpaired) electrons. The molecule has 3 aromatic heterocycles. The highest BCUT2D eigenvalue weighted by atomic mass is 15.0. The number of hydrogen-bond acceptors (Lipinski definition) is 2. The molecule has 0 spiro atoms. The third-order valence-electron chi connectivity index (χ3n) is 6.20. The maximum absolute atomic E-state index is 4.95. The molecule has 0 atom stereocenters. The van der Waals surface area contributed by atoms with Gasteiger partial charge in [-0.1, -0.05) is 67.8 Å². The van der Waals surface area contributed by atoms with Crippen molar-refractivity contribution in [1.29, 1.82) is 0 Å². The van der Waals surface area contributed by atoms with Crippen LogP contribution in [-0.4, -0.2) is 14.4 Å². The van der Waals surface area contributed by atoms with E-state index in [-0.39, 0.29) is 0 Å². The number of pyridine rings is 2. The summed E-state index contributed by atoms with van der Waals surface area (Å²) in [6, 6.07) is 29.3. The Morgan fingerprint density at radius 1 is 0.697 bits per heavy atom. The number of aromatic nitrogens is 3. The van der Waals surface area contributed by atoms with Crippen LogP contribution >= 0.6 is 0 Å². The first kappa shape index (κ1) is 19.2. The van der Waals surface area contributed by atoms with Gasteiger partial charge in [0.1, 0.15) is 5.65 Å². The van der Waals surface area contributed by atoms with E-state index >= 15 is 0 Å². The molecular formula is C30H21N3. The molecule has 0 bridgehead atoms. The van der Waals surface area contributed by atoms with Crippen LogP contribution in [-0.2, 0) is 0 Å². The van der Waals surface area contributed by atoms with Crippen LogP contribution in [0.15, 0.2) is 104 Å². The molecule has 0 amide bonds. The number of rotatable bonds is 4. The van der Waals surface area contributed by atoms with Crippen LogP contribution < -0.4 is 0 Å². The zero-order valence-corrected chi connectivity index (χ0v) is 18.1. The van der Waals surface area contributed by atoms with Crippen molar-refractivity contribution in [2.75, 3.05) is 0 Å². The summed E-state index contributed by atoms with van der Waals surface area (Å²) in [6.45, 7) is 8.22. The summed E-state index contributed by atoms with van der Waals surface area (Å²) in [5, 5.41) is 2.22. The lowest BCUT2D eigenvalue weighted by molar-refractivity contribution is 1.21. The molecule has 6 aromatic rings. The largest absolute Gasteiger partial charge is 0.292 e. The van der Waals surface area contributed by atoms with Crippen molar-refractivity contribution in [1.82, 2.24) is 14.4 Å². The third kappa shape index (κ3) is 2.98. The predicted molar refractivity (Wildman–Crippen MR) is 139 cm³/mol. The summed E-state index contributed by atoms with van der Waals surface area (Å²) < 4.78 is 2.18. The summed E-state index contributed by atoms with van der Waals surface area (Å²) >= 11 is 0. The third-order valence-corrected chi connectivity index (χ3v) is 6.20. The van der Waals surface area contributed by atoms with E-state index in [0.29, 0.717) is 0 Å². The molecule has 0 aliphatic carbocycles. The van der Waals surface area contributed by atoms with Crippen molar-refractivity contribution in [2.45, 2.75) is 0 Å². The Labute approximate surface area is 192 Å². The number of imidazole rings is 1. The molecule has 0 N–H and O–H groups in total. The maximum Gasteiger partial charge on any atom is 0.146 e. The second kappa shape index (κ2) is 7.57. The summed E-state index contributed by atoms with van der Waals surface area (Å²) in [4.78, 5) is 9.40. The van der Waals surface area contributed by atoms with Crippen molar-refractivity contribution < 1.29 is 0 Å². The Kier molecular flexibility index (Phi) is 4.41. The average Bonchev–Trinajstić information content (AvgIpc) is 3.28. The quantitative estimate of drug-likeness (QED) is 0.291. The van der Waals surface area contributed by atoms with E-state index in [1.54, 1.807) is 0 Å². The minimum atomic E-state index is 0.934. The molecule has 33 heavy (non-hydrogen) atoms. The first-order valence-corrected chi connectivity index (χ1v) is 10.9. The number of para-hydroxylation sites is 2. The van der Waals surface area contributed by atoms with E-state index in [9.17, 15) is 0 Å². The highest BCUT2D eigenvalue weighted by Crippen LogP contribution is 2.35. The van der Waals surface area contributed by atoms with E-state index in [1.165, 1.54) is 0 Å². The lowest BCUT2D eigenvalue weighted by atomic mass is 9.96. The second-order valence-corrected chi connectivity index (χ2v) is 8.02. The van der Waals surface area contributed by atoms with Gasteiger partial charge in [0.15, 0.2) is 0 Å². The van der Waals surface area contributed by atoms with Crippen molar-refractivity contribution in [3.05, 3.63) is 116 Å². The summed E-state index contributed by atoms with van der Waals surface area (Å²) in [7, 11) is 0. The van der Waals surface area contributed by atoms with Crippen LogP contribution in [0.5, 0.6) is 0 Å². The van der Waals surface area contributed by atoms with Gasteiger partial charge in [-0.2, -0.15) is 0 Å². The lowest BCUT2D eigenvalue weighted by Crippen LogP contribution is -1.97. The van der Waals surface area contributed by atoms with Crippen LogP contribution in [0.25, 0.3) is 62.0 Å². The van der Waals surface area contributed by atoms with Gasteiger partial charge in [-0.25, -0.2) is 4.98 Å². The molecule has 3 aromatic carbocycles. The Bertz CT molecular complexity index is 1670. The average molecular weight is 424 g/mol. The van der Waals surface area contributed by atoms with Crippen molar-refractivity contribution >= 4 is 39.6 Å². The molecule has 0 aliphatic heterocycles. The van der Waals surface area contributed by atoms with Crippen LogP contribution in [0.1, 0.15) is 11.3 Å². The van der Waals surface area contributed by atoms with E-state index in [2.05, 4.69) is 71.1 Å². The number of nitrogens with zero attached hydrogens (tertiary/aromatic N) is 3. The van der Waals surface area contributed by atoms with Crippen molar-refractivity contribution in [3.63, 3.8) is 0 Å². The number of fused-ring (bicyclic) bond motifs is 5. The van der Waals surface area contributed by atoms with Gasteiger partial charge in [-0.15, -0.1) is 0 Å². The van der Waals surface area contributed by atoms with Crippen LogP contribution in [0.3, 0.4) is 0 Å². The monoisotopic (exact) mass is 423 g/mol. The molecule has 156 valence electrons. The maximum atomic E-state index is 4.95. The zero-order chi connectivity index (χ0) is 22.4. The van der Waals surface area contributed by atoms with Gasteiger partial charge in [-0.3, -0.25) is 9.38 Å². The van der Waals surface area contributed by atoms with Crippen LogP contribution in [0, 0.1) is 0 Å². The molecule has 0 unspecified atom stereocenters. The minimum absolute atomic E-state index is 0.934. The topological polar surface area (TPSA) is 30.2 Å². The highest BCUT2D eigenvalue weighted by molar-refractivity contribution is 6.05. The number of hydrogen-bond donors (Lipinski definition) is 0. The summed E-state index contributed by atoms with van der Waals surface area (Å²) in [6.07, 6.45) is 5.63. The number of benzene rings is 3. The van der Waals surface area contributed by atoms with Gasteiger partial charge in [0.25, 0.3) is 0 Å². The zero-order valence-electron chi connectivity index (χ0n) is 18.1. The highest BCUT2D eigenvalue weighted by Gasteiger charge is 2.16. The second-order valence-electron chi connectivity index (χ2n) is 8.02. The fraction of sp³-hybridized carbons (Fsp3) is 0. The van der Waals surface area contributed by atoms with E-state index < -0.39 is 0 Å². The van der Waals surface area contributed by atoms with Gasteiger partial charge >= 0.3 is 0 Å². The van der Waals surface area contributed by atoms with Gasteiger partial charge in [0.05, 0.1) is 22.4 Å². The van der Waals surface area contributed by atoms with E-state index in [1.807, 2.05) is 54.7 Å². The fourth-order valence-corrected chi connectivity index (χ4v) is 4.63. The van der Waals surface area contributed by atoms with Crippen LogP contribution in [0.2, 0.25) is 0 Å². The smallest absolute Gasteiger partial charge is 0.146 e. The Morgan fingerprint density at radius 3 is 2.21 bits per heavy atom. The van der Waals surface area contributed by atoms with Crippen molar-refractivity contribution in [2.24, 2.45) is 0 Å². The molecule has 0 aliphatic rings. The van der Waals surface area contributed by atoms with E-state index in [0.717, 1.165) is 61.1 Å². The summed E-state index contributed by atoms with van der Waals surface area (Å²) in [5.74, 6) is 0. The Hall–Kier alpha value is -4.50. The predicted octanol–water partition coefficient (Wildman–Crippen LogP) is 7.66. The SMILES string of the molecule is C=Cc1c(C=C)n2c3ccccc3nc2c2ccc(-c3ccc(-c4ccccn4)cc3)cc12. The molecular weight excluding hydrogens is 402 g/mol. The van der Waals surface area contributed by atoms with Gasteiger partial charge in [0.2, 0.25) is 0 Å². The molecule has 0 fully saturated rings. The Balaban J connectivity index is 1.57. The Morgan fingerprint density at radius 2 is 1.45 bits per heavy atom. The van der Waals surface area contributed by atoms with Gasteiger partial charge in [-0.05, 0) is 59.0 Å². The molecule has 3 nitrogen and oxygen atoms in total. The normalized spacial score (nSPS) is 11.3. The standard InChI is InChI=1S/C30H21N3/c1-3-23-25-19-22(20-12-14-21(15-13-20)26-9-7-8-18-31-26)16-17-24(25)30-32-27-10-5-6-11-29(27)33(30)28(23)4-2/h3-19H,1-2H2. The fourth-order valence-electron chi connectivity index (χ4n) is 4.63. The van der Waals surface area contributed by atoms with Crippen molar-refractivity contribution in [3.8, 4) is 22.4 Å². The lowest BCUT2D eigenvalue weighted by Gasteiger charge is -2.13. The van der Waals surface area contributed by atoms with Crippen LogP contribution in [0.4, 0.5) is 0 Å². The molecule has 6 rings (SSSR count). The minimum Gasteiger partial charge on any atom is -0.292 e. The first-order valence-electron chi connectivity index (χ1n) is 10.9. The van der Waals surface area contributed by atoms with Gasteiger partial charge in [0, 0.05) is 22.7 Å². The molecule has 3 heterocycles. The molecule has 0 saturated heterocycles. The van der Waals surface area contributed by atoms with Gasteiger partial charge < -0.3 is 0 Å². The van der Waals surface area contributed by atoms with E-state index in [4.69, 9.17) is 4.98 Å². The molecule has 3 heteroatoms.